The summed E-state index contributed by atoms with van der Waals surface area (Å²) < 4.78 is 29.7. The predicted molar refractivity (Wildman–Crippen MR) is 132 cm³/mol. The number of benzene rings is 2. The summed E-state index contributed by atoms with van der Waals surface area (Å²) in [5.74, 6) is 1.09. The van der Waals surface area contributed by atoms with E-state index in [0.717, 1.165) is 41.5 Å². The number of hydrogen-bond acceptors (Lipinski definition) is 7. The molecule has 1 amide bonds. The van der Waals surface area contributed by atoms with Crippen LogP contribution in [0.3, 0.4) is 0 Å². The van der Waals surface area contributed by atoms with E-state index >= 15 is 0 Å². The molecular formula is C24H27BrN4O4S. The molecule has 1 saturated heterocycles. The van der Waals surface area contributed by atoms with Crippen LogP contribution in [0.15, 0.2) is 62.4 Å². The van der Waals surface area contributed by atoms with Crippen LogP contribution in [0.4, 0.5) is 0 Å². The highest BCUT2D eigenvalue weighted by Crippen LogP contribution is 2.23. The van der Waals surface area contributed by atoms with Crippen molar-refractivity contribution in [2.45, 2.75) is 37.2 Å². The quantitative estimate of drug-likeness (QED) is 0.477. The normalized spacial score (nSPS) is 16.3. The van der Waals surface area contributed by atoms with E-state index in [2.05, 4.69) is 36.3 Å². The molecule has 0 aliphatic carbocycles. The first kappa shape index (κ1) is 24.6. The third-order valence-electron chi connectivity index (χ3n) is 6.05. The number of likely N-dealkylation sites (tertiary alicyclic amines) is 1. The molecule has 1 N–H and O–H groups in total. The number of nitrogens with zero attached hydrogens (tertiary/aromatic N) is 3. The van der Waals surface area contributed by atoms with Crippen molar-refractivity contribution in [2.75, 3.05) is 19.3 Å². The average molecular weight is 547 g/mol. The molecule has 2 heterocycles. The Morgan fingerprint density at radius 1 is 1.15 bits per heavy atom. The molecule has 1 unspecified atom stereocenters. The molecule has 10 heteroatoms. The van der Waals surface area contributed by atoms with Crippen LogP contribution in [0, 0.1) is 5.92 Å². The molecule has 0 spiro atoms. The summed E-state index contributed by atoms with van der Waals surface area (Å²) >= 11 is 3.42. The number of sulfone groups is 1. The second-order valence-electron chi connectivity index (χ2n) is 8.64. The minimum absolute atomic E-state index is 0.0228. The molecule has 1 atom stereocenters. The van der Waals surface area contributed by atoms with E-state index in [0.29, 0.717) is 18.3 Å². The van der Waals surface area contributed by atoms with Crippen LogP contribution in [0.2, 0.25) is 0 Å². The van der Waals surface area contributed by atoms with Crippen molar-refractivity contribution in [3.8, 4) is 11.4 Å². The van der Waals surface area contributed by atoms with E-state index in [1.807, 2.05) is 31.2 Å². The number of rotatable bonds is 7. The highest BCUT2D eigenvalue weighted by molar-refractivity contribution is 9.10. The molecule has 34 heavy (non-hydrogen) atoms. The Morgan fingerprint density at radius 2 is 1.79 bits per heavy atom. The first-order chi connectivity index (χ1) is 16.2. The summed E-state index contributed by atoms with van der Waals surface area (Å²) in [7, 11) is -3.24. The minimum atomic E-state index is -3.24. The van der Waals surface area contributed by atoms with Crippen LogP contribution in [0.5, 0.6) is 0 Å². The van der Waals surface area contributed by atoms with Crippen molar-refractivity contribution in [1.82, 2.24) is 20.4 Å². The Bertz CT molecular complexity index is 1230. The number of piperidine rings is 1. The second-order valence-corrected chi connectivity index (χ2v) is 11.6. The molecule has 3 aromatic rings. The van der Waals surface area contributed by atoms with Crippen molar-refractivity contribution in [2.24, 2.45) is 5.92 Å². The lowest BCUT2D eigenvalue weighted by Gasteiger charge is -2.30. The standard InChI is InChI=1S/C24H27BrN4O4S/c1-16(17-5-9-21(10-6-17)34(2,31)32)26-24(30)19-11-13-29(14-12-19)15-22-27-23(28-33-22)18-3-7-20(25)8-4-18/h3-10,16,19H,11-15H2,1-2H3,(H,26,30). The van der Waals surface area contributed by atoms with Gasteiger partial charge in [0.25, 0.3) is 0 Å². The Morgan fingerprint density at radius 3 is 2.41 bits per heavy atom. The number of carbonyl (C=O) groups excluding carboxylic acids is 1. The SMILES string of the molecule is CC(NC(=O)C1CCN(Cc2nc(-c3ccc(Br)cc3)no2)CC1)c1ccc(S(C)(=O)=O)cc1. The summed E-state index contributed by atoms with van der Waals surface area (Å²) in [6.07, 6.45) is 2.68. The predicted octanol–water partition coefficient (Wildman–Crippen LogP) is 3.99. The molecule has 0 saturated carbocycles. The fourth-order valence-corrected chi connectivity index (χ4v) is 4.89. The van der Waals surface area contributed by atoms with Gasteiger partial charge in [-0.25, -0.2) is 8.42 Å². The third-order valence-corrected chi connectivity index (χ3v) is 7.71. The van der Waals surface area contributed by atoms with Crippen molar-refractivity contribution < 1.29 is 17.7 Å². The summed E-state index contributed by atoms with van der Waals surface area (Å²) in [4.78, 5) is 19.8. The lowest BCUT2D eigenvalue weighted by Crippen LogP contribution is -2.40. The van der Waals surface area contributed by atoms with E-state index in [1.165, 1.54) is 6.26 Å². The molecule has 1 aliphatic rings. The van der Waals surface area contributed by atoms with E-state index in [9.17, 15) is 13.2 Å². The summed E-state index contributed by atoms with van der Waals surface area (Å²) in [6, 6.07) is 14.2. The molecule has 4 rings (SSSR count). The van der Waals surface area contributed by atoms with Gasteiger partial charge in [0.2, 0.25) is 17.6 Å². The van der Waals surface area contributed by atoms with Crippen LogP contribution >= 0.6 is 15.9 Å². The van der Waals surface area contributed by atoms with E-state index in [1.54, 1.807) is 24.3 Å². The van der Waals surface area contributed by atoms with Crippen LogP contribution in [0.25, 0.3) is 11.4 Å². The van der Waals surface area contributed by atoms with Gasteiger partial charge in [0, 0.05) is 22.2 Å². The van der Waals surface area contributed by atoms with Crippen LogP contribution < -0.4 is 5.32 Å². The van der Waals surface area contributed by atoms with Crippen LogP contribution in [0.1, 0.15) is 37.3 Å². The fraction of sp³-hybridized carbons (Fsp3) is 0.375. The molecule has 0 radical (unpaired) electrons. The monoisotopic (exact) mass is 546 g/mol. The van der Waals surface area contributed by atoms with Crippen molar-refractivity contribution in [3.63, 3.8) is 0 Å². The Hall–Kier alpha value is -2.56. The minimum Gasteiger partial charge on any atom is -0.349 e. The summed E-state index contributed by atoms with van der Waals surface area (Å²) in [5.41, 5.74) is 1.77. The maximum atomic E-state index is 12.8. The smallest absolute Gasteiger partial charge is 0.241 e. The number of hydrogen-bond donors (Lipinski definition) is 1. The van der Waals surface area contributed by atoms with E-state index < -0.39 is 9.84 Å². The number of carbonyl (C=O) groups is 1. The first-order valence-corrected chi connectivity index (χ1v) is 13.8. The molecule has 2 aromatic carbocycles. The molecule has 1 aliphatic heterocycles. The van der Waals surface area contributed by atoms with E-state index in [4.69, 9.17) is 4.52 Å². The molecular weight excluding hydrogens is 520 g/mol. The molecule has 0 bridgehead atoms. The van der Waals surface area contributed by atoms with Crippen molar-refractivity contribution in [1.29, 1.82) is 0 Å². The first-order valence-electron chi connectivity index (χ1n) is 11.1. The zero-order valence-corrected chi connectivity index (χ0v) is 21.5. The highest BCUT2D eigenvalue weighted by atomic mass is 79.9. The highest BCUT2D eigenvalue weighted by Gasteiger charge is 2.27. The van der Waals surface area contributed by atoms with Gasteiger partial charge in [-0.3, -0.25) is 9.69 Å². The summed E-state index contributed by atoms with van der Waals surface area (Å²) in [5, 5.41) is 7.14. The number of nitrogens with one attached hydrogen (secondary N) is 1. The number of halogens is 1. The van der Waals surface area contributed by atoms with Gasteiger partial charge >= 0.3 is 0 Å². The van der Waals surface area contributed by atoms with Gasteiger partial charge in [-0.2, -0.15) is 4.98 Å². The topological polar surface area (TPSA) is 105 Å². The average Bonchev–Trinajstić information content (AvgIpc) is 3.28. The second kappa shape index (κ2) is 10.4. The van der Waals surface area contributed by atoms with Gasteiger partial charge < -0.3 is 9.84 Å². The van der Waals surface area contributed by atoms with Gasteiger partial charge in [0.15, 0.2) is 9.84 Å². The van der Waals surface area contributed by atoms with Gasteiger partial charge in [-0.15, -0.1) is 0 Å². The maximum Gasteiger partial charge on any atom is 0.241 e. The van der Waals surface area contributed by atoms with Crippen LogP contribution in [-0.4, -0.2) is 48.7 Å². The Balaban J connectivity index is 1.26. The molecule has 1 aromatic heterocycles. The molecule has 8 nitrogen and oxygen atoms in total. The lowest BCUT2D eigenvalue weighted by atomic mass is 9.95. The zero-order chi connectivity index (χ0) is 24.3. The van der Waals surface area contributed by atoms with Crippen LogP contribution in [-0.2, 0) is 21.2 Å². The third kappa shape index (κ3) is 6.11. The molecule has 1 fully saturated rings. The maximum absolute atomic E-state index is 12.8. The molecule has 180 valence electrons. The van der Waals surface area contributed by atoms with E-state index in [-0.39, 0.29) is 22.8 Å². The fourth-order valence-electron chi connectivity index (χ4n) is 4.00. The number of amides is 1. The number of aromatic nitrogens is 2. The largest absolute Gasteiger partial charge is 0.349 e. The summed E-state index contributed by atoms with van der Waals surface area (Å²) in [6.45, 7) is 4.00. The van der Waals surface area contributed by atoms with Gasteiger partial charge in [-0.1, -0.05) is 33.2 Å². The zero-order valence-electron chi connectivity index (χ0n) is 19.1. The Kier molecular flexibility index (Phi) is 7.49. The van der Waals surface area contributed by atoms with Gasteiger partial charge in [-0.05, 0) is 74.8 Å². The van der Waals surface area contributed by atoms with Crippen molar-refractivity contribution >= 4 is 31.7 Å². The van der Waals surface area contributed by atoms with Gasteiger partial charge in [0.1, 0.15) is 0 Å². The van der Waals surface area contributed by atoms with Crippen molar-refractivity contribution in [3.05, 3.63) is 64.5 Å². The Labute approximate surface area is 207 Å². The lowest BCUT2D eigenvalue weighted by molar-refractivity contribution is -0.127. The van der Waals surface area contributed by atoms with Gasteiger partial charge in [0.05, 0.1) is 17.5 Å².